The Hall–Kier alpha value is -3.50. The number of hydrogen-bond donors (Lipinski definition) is 2. The van der Waals surface area contributed by atoms with Crippen molar-refractivity contribution in [1.82, 2.24) is 19.7 Å². The van der Waals surface area contributed by atoms with Crippen LogP contribution in [0.4, 0.5) is 5.69 Å². The number of aromatic nitrogens is 4. The van der Waals surface area contributed by atoms with Crippen LogP contribution in [0.5, 0.6) is 11.5 Å². The van der Waals surface area contributed by atoms with Gasteiger partial charge in [-0.05, 0) is 31.0 Å². The van der Waals surface area contributed by atoms with Gasteiger partial charge < -0.3 is 24.5 Å². The van der Waals surface area contributed by atoms with Crippen LogP contribution in [-0.4, -0.2) is 50.9 Å². The van der Waals surface area contributed by atoms with Crippen molar-refractivity contribution in [3.8, 4) is 22.9 Å². The van der Waals surface area contributed by atoms with Gasteiger partial charge in [0.1, 0.15) is 0 Å². The molecular formula is C24H23N5O4S. The van der Waals surface area contributed by atoms with Crippen LogP contribution in [0, 0.1) is 0 Å². The summed E-state index contributed by atoms with van der Waals surface area (Å²) in [5.41, 5.74) is 2.69. The summed E-state index contributed by atoms with van der Waals surface area (Å²) in [6.07, 6.45) is 4.12. The Kier molecular flexibility index (Phi) is 5.60. The summed E-state index contributed by atoms with van der Waals surface area (Å²) in [5.74, 6) is 2.15. The van der Waals surface area contributed by atoms with Crippen molar-refractivity contribution in [1.29, 1.82) is 0 Å². The van der Waals surface area contributed by atoms with Crippen molar-refractivity contribution >= 4 is 34.3 Å². The van der Waals surface area contributed by atoms with Gasteiger partial charge in [-0.15, -0.1) is 10.2 Å². The Morgan fingerprint density at radius 3 is 3.00 bits per heavy atom. The van der Waals surface area contributed by atoms with Crippen molar-refractivity contribution in [2.24, 2.45) is 0 Å². The van der Waals surface area contributed by atoms with E-state index in [2.05, 4.69) is 31.1 Å². The molecule has 2 aromatic carbocycles. The molecule has 174 valence electrons. The zero-order chi connectivity index (χ0) is 22.9. The molecule has 6 rings (SSSR count). The fourth-order valence-corrected chi connectivity index (χ4v) is 5.06. The van der Waals surface area contributed by atoms with E-state index in [0.29, 0.717) is 28.9 Å². The highest BCUT2D eigenvalue weighted by Crippen LogP contribution is 2.35. The van der Waals surface area contributed by atoms with Crippen molar-refractivity contribution in [2.45, 2.75) is 30.6 Å². The summed E-state index contributed by atoms with van der Waals surface area (Å²) >= 11 is 1.36. The number of para-hydroxylation sites is 1. The second-order valence-electron chi connectivity index (χ2n) is 8.20. The van der Waals surface area contributed by atoms with Crippen LogP contribution < -0.4 is 14.8 Å². The van der Waals surface area contributed by atoms with Crippen LogP contribution in [0.25, 0.3) is 22.3 Å². The fourth-order valence-electron chi connectivity index (χ4n) is 4.31. The largest absolute Gasteiger partial charge is 0.454 e. The lowest BCUT2D eigenvalue weighted by Gasteiger charge is -2.14. The number of fused-ring (bicyclic) bond motifs is 2. The second-order valence-corrected chi connectivity index (χ2v) is 9.15. The number of thioether (sulfide) groups is 1. The average molecular weight is 478 g/mol. The van der Waals surface area contributed by atoms with Crippen LogP contribution >= 0.6 is 11.8 Å². The van der Waals surface area contributed by atoms with E-state index in [1.54, 1.807) is 18.2 Å². The molecule has 2 N–H and O–H groups in total. The number of benzene rings is 2. The highest BCUT2D eigenvalue weighted by Gasteiger charge is 2.23. The molecule has 34 heavy (non-hydrogen) atoms. The van der Waals surface area contributed by atoms with Crippen LogP contribution in [0.3, 0.4) is 0 Å². The topological polar surface area (TPSA) is 103 Å². The van der Waals surface area contributed by atoms with Gasteiger partial charge in [0, 0.05) is 41.0 Å². The molecule has 1 saturated heterocycles. The third kappa shape index (κ3) is 4.10. The van der Waals surface area contributed by atoms with E-state index in [9.17, 15) is 4.79 Å². The Bertz CT molecular complexity index is 1340. The van der Waals surface area contributed by atoms with Crippen molar-refractivity contribution in [2.75, 3.05) is 24.5 Å². The van der Waals surface area contributed by atoms with E-state index < -0.39 is 0 Å². The number of rotatable bonds is 7. The number of carbonyl (C=O) groups excluding carboxylic acids is 1. The molecule has 9 nitrogen and oxygen atoms in total. The molecule has 0 saturated carbocycles. The number of nitrogens with zero attached hydrogens (tertiary/aromatic N) is 3. The van der Waals surface area contributed by atoms with E-state index in [1.807, 2.05) is 24.4 Å². The molecule has 4 aromatic rings. The Morgan fingerprint density at radius 2 is 2.09 bits per heavy atom. The first-order valence-electron chi connectivity index (χ1n) is 11.2. The van der Waals surface area contributed by atoms with Gasteiger partial charge in [0.05, 0.1) is 18.4 Å². The average Bonchev–Trinajstić information content (AvgIpc) is 3.65. The second kappa shape index (κ2) is 9.03. The summed E-state index contributed by atoms with van der Waals surface area (Å²) in [4.78, 5) is 16.0. The van der Waals surface area contributed by atoms with Gasteiger partial charge in [0.15, 0.2) is 22.5 Å². The third-order valence-electron chi connectivity index (χ3n) is 5.95. The summed E-state index contributed by atoms with van der Waals surface area (Å²) < 4.78 is 18.7. The first-order valence-corrected chi connectivity index (χ1v) is 12.2. The molecule has 0 radical (unpaired) electrons. The third-order valence-corrected chi connectivity index (χ3v) is 6.91. The number of nitrogens with one attached hydrogen (secondary N) is 2. The lowest BCUT2D eigenvalue weighted by molar-refractivity contribution is -0.113. The number of H-pyrrole nitrogens is 1. The van der Waals surface area contributed by atoms with Crippen molar-refractivity contribution in [3.05, 3.63) is 48.7 Å². The lowest BCUT2D eigenvalue weighted by Crippen LogP contribution is -2.18. The molecule has 0 aliphatic carbocycles. The summed E-state index contributed by atoms with van der Waals surface area (Å²) in [7, 11) is 0. The molecule has 0 bridgehead atoms. The number of carbonyl (C=O) groups is 1. The molecule has 2 aliphatic heterocycles. The first-order chi connectivity index (χ1) is 16.7. The predicted molar refractivity (Wildman–Crippen MR) is 128 cm³/mol. The van der Waals surface area contributed by atoms with E-state index in [-0.39, 0.29) is 24.6 Å². The Balaban J connectivity index is 1.22. The molecule has 0 spiro atoms. The Morgan fingerprint density at radius 1 is 1.18 bits per heavy atom. The maximum Gasteiger partial charge on any atom is 0.234 e. The van der Waals surface area contributed by atoms with E-state index in [0.717, 1.165) is 41.7 Å². The lowest BCUT2D eigenvalue weighted by atomic mass is 10.1. The highest BCUT2D eigenvalue weighted by molar-refractivity contribution is 7.99. The number of aromatic amines is 1. The molecule has 2 aromatic heterocycles. The number of ether oxygens (including phenoxy) is 3. The molecule has 10 heteroatoms. The van der Waals surface area contributed by atoms with Crippen LogP contribution in [-0.2, 0) is 16.1 Å². The predicted octanol–water partition coefficient (Wildman–Crippen LogP) is 4.06. The van der Waals surface area contributed by atoms with Gasteiger partial charge >= 0.3 is 0 Å². The quantitative estimate of drug-likeness (QED) is 0.387. The van der Waals surface area contributed by atoms with E-state index in [4.69, 9.17) is 14.2 Å². The molecular weight excluding hydrogens is 454 g/mol. The van der Waals surface area contributed by atoms with Gasteiger partial charge in [-0.3, -0.25) is 9.36 Å². The maximum absolute atomic E-state index is 12.7. The first kappa shape index (κ1) is 21.1. The fraction of sp³-hybridized carbons (Fsp3) is 0.292. The monoisotopic (exact) mass is 477 g/mol. The molecule has 1 amide bonds. The van der Waals surface area contributed by atoms with Crippen LogP contribution in [0.2, 0.25) is 0 Å². The molecule has 1 fully saturated rings. The van der Waals surface area contributed by atoms with E-state index in [1.165, 1.54) is 11.8 Å². The molecule has 1 unspecified atom stereocenters. The summed E-state index contributed by atoms with van der Waals surface area (Å²) in [5, 5.41) is 13.6. The standard InChI is InChI=1S/C24H23N5O4S/c30-22(26-15-7-8-20-21(10-15)33-14-32-20)13-34-24-28-27-23(29(24)12-16-4-3-9-31-16)18-11-25-19-6-2-1-5-17(18)19/h1-2,5-8,10-11,16,25H,3-4,9,12-14H2,(H,26,30). The summed E-state index contributed by atoms with van der Waals surface area (Å²) in [6.45, 7) is 1.62. The molecule has 2 aliphatic rings. The SMILES string of the molecule is O=C(CSc1nnc(-c2c[nH]c3ccccc23)n1CC1CCCO1)Nc1ccc2c(c1)OCO2. The maximum atomic E-state index is 12.7. The van der Waals surface area contributed by atoms with Crippen LogP contribution in [0.1, 0.15) is 12.8 Å². The van der Waals surface area contributed by atoms with Gasteiger partial charge in [0.25, 0.3) is 0 Å². The summed E-state index contributed by atoms with van der Waals surface area (Å²) in [6, 6.07) is 13.5. The smallest absolute Gasteiger partial charge is 0.234 e. The molecule has 1 atom stereocenters. The van der Waals surface area contributed by atoms with Crippen molar-refractivity contribution < 1.29 is 19.0 Å². The minimum atomic E-state index is -0.135. The van der Waals surface area contributed by atoms with Gasteiger partial charge in [-0.25, -0.2) is 0 Å². The zero-order valence-electron chi connectivity index (χ0n) is 18.3. The minimum absolute atomic E-state index is 0.113. The number of anilines is 1. The highest BCUT2D eigenvalue weighted by atomic mass is 32.2. The normalized spacial score (nSPS) is 16.9. The number of amides is 1. The number of hydrogen-bond acceptors (Lipinski definition) is 7. The minimum Gasteiger partial charge on any atom is -0.454 e. The van der Waals surface area contributed by atoms with E-state index >= 15 is 0 Å². The van der Waals surface area contributed by atoms with Gasteiger partial charge in [-0.1, -0.05) is 30.0 Å². The zero-order valence-corrected chi connectivity index (χ0v) is 19.1. The Labute approximate surface area is 199 Å². The van der Waals surface area contributed by atoms with Gasteiger partial charge in [0.2, 0.25) is 12.7 Å². The van der Waals surface area contributed by atoms with Gasteiger partial charge in [-0.2, -0.15) is 0 Å². The van der Waals surface area contributed by atoms with Crippen molar-refractivity contribution in [3.63, 3.8) is 0 Å². The molecule has 4 heterocycles. The van der Waals surface area contributed by atoms with Crippen LogP contribution in [0.15, 0.2) is 53.8 Å².